The molecule has 4 rings (SSSR count). The van der Waals surface area contributed by atoms with Crippen LogP contribution >= 0.6 is 0 Å². The van der Waals surface area contributed by atoms with E-state index in [9.17, 15) is 14.7 Å². The van der Waals surface area contributed by atoms with E-state index in [2.05, 4.69) is 4.90 Å². The van der Waals surface area contributed by atoms with Crippen LogP contribution in [0, 0.1) is 11.3 Å². The summed E-state index contributed by atoms with van der Waals surface area (Å²) in [7, 11) is 0. The lowest BCUT2D eigenvalue weighted by molar-refractivity contribution is -0.139. The van der Waals surface area contributed by atoms with Crippen molar-refractivity contribution >= 4 is 11.8 Å². The fourth-order valence-corrected chi connectivity index (χ4v) is 4.42. The minimum absolute atomic E-state index is 0.0289. The summed E-state index contributed by atoms with van der Waals surface area (Å²) in [6, 6.07) is 6.75. The van der Waals surface area contributed by atoms with Gasteiger partial charge in [0.1, 0.15) is 5.75 Å². The Morgan fingerprint density at radius 2 is 2.00 bits per heavy atom. The number of para-hydroxylation sites is 1. The molecule has 5 heteroatoms. The molecule has 3 fully saturated rings. The van der Waals surface area contributed by atoms with Crippen LogP contribution in [0.1, 0.15) is 48.9 Å². The Balaban J connectivity index is 1.49. The summed E-state index contributed by atoms with van der Waals surface area (Å²) in [5, 5.41) is 10.00. The molecular formula is C20H26N2O3. The van der Waals surface area contributed by atoms with Gasteiger partial charge in [0, 0.05) is 38.0 Å². The minimum Gasteiger partial charge on any atom is -0.507 e. The van der Waals surface area contributed by atoms with Crippen molar-refractivity contribution in [2.45, 2.75) is 38.5 Å². The second kappa shape index (κ2) is 6.36. The molecule has 2 amide bonds. The molecule has 25 heavy (non-hydrogen) atoms. The van der Waals surface area contributed by atoms with Gasteiger partial charge in [-0.1, -0.05) is 12.1 Å². The van der Waals surface area contributed by atoms with E-state index in [4.69, 9.17) is 0 Å². The normalized spacial score (nSPS) is 27.0. The topological polar surface area (TPSA) is 60.9 Å². The van der Waals surface area contributed by atoms with Gasteiger partial charge >= 0.3 is 0 Å². The first-order valence-electron chi connectivity index (χ1n) is 9.41. The van der Waals surface area contributed by atoms with Crippen molar-refractivity contribution in [1.29, 1.82) is 0 Å². The summed E-state index contributed by atoms with van der Waals surface area (Å²) in [5.74, 6) is 0.924. The molecule has 1 aliphatic carbocycles. The molecule has 0 unspecified atom stereocenters. The molecule has 2 aliphatic heterocycles. The second-order valence-corrected chi connectivity index (χ2v) is 8.07. The third-order valence-corrected chi connectivity index (χ3v) is 6.01. The molecule has 0 aromatic heterocycles. The van der Waals surface area contributed by atoms with Crippen LogP contribution in [0.15, 0.2) is 24.3 Å². The number of hydrogen-bond donors (Lipinski definition) is 1. The molecule has 0 radical (unpaired) electrons. The van der Waals surface area contributed by atoms with E-state index in [1.165, 1.54) is 12.8 Å². The number of carbonyl (C=O) groups is 2. The van der Waals surface area contributed by atoms with Crippen molar-refractivity contribution in [3.05, 3.63) is 29.8 Å². The Kier molecular flexibility index (Phi) is 4.18. The first-order valence-corrected chi connectivity index (χ1v) is 9.41. The number of benzene rings is 1. The number of carbonyl (C=O) groups excluding carboxylic acids is 2. The summed E-state index contributed by atoms with van der Waals surface area (Å²) in [6.07, 6.45) is 6.00. The number of phenols is 1. The molecule has 1 saturated carbocycles. The van der Waals surface area contributed by atoms with Crippen LogP contribution in [-0.2, 0) is 4.79 Å². The molecule has 1 aromatic rings. The van der Waals surface area contributed by atoms with Gasteiger partial charge in [-0.05, 0) is 50.2 Å². The number of phenolic OH excluding ortho intramolecular Hbond substituents is 1. The van der Waals surface area contributed by atoms with Gasteiger partial charge in [-0.15, -0.1) is 0 Å². The SMILES string of the molecule is O=C1CC[C@@]2(CCCN(C(=O)c3ccccc3O)C2)CN1CC1CC1. The van der Waals surface area contributed by atoms with Crippen molar-refractivity contribution < 1.29 is 14.7 Å². The van der Waals surface area contributed by atoms with E-state index in [0.29, 0.717) is 24.4 Å². The Labute approximate surface area is 148 Å². The molecule has 0 bridgehead atoms. The van der Waals surface area contributed by atoms with Gasteiger partial charge in [0.2, 0.25) is 5.91 Å². The zero-order valence-corrected chi connectivity index (χ0v) is 14.6. The van der Waals surface area contributed by atoms with Crippen molar-refractivity contribution in [2.75, 3.05) is 26.2 Å². The van der Waals surface area contributed by atoms with Crippen LogP contribution in [0.4, 0.5) is 0 Å². The summed E-state index contributed by atoms with van der Waals surface area (Å²) in [4.78, 5) is 29.1. The lowest BCUT2D eigenvalue weighted by Gasteiger charge is -2.48. The van der Waals surface area contributed by atoms with Crippen molar-refractivity contribution in [1.82, 2.24) is 9.80 Å². The highest BCUT2D eigenvalue weighted by Gasteiger charge is 2.43. The molecule has 5 nitrogen and oxygen atoms in total. The number of rotatable bonds is 3. The maximum Gasteiger partial charge on any atom is 0.257 e. The molecule has 2 heterocycles. The lowest BCUT2D eigenvalue weighted by atomic mass is 9.73. The van der Waals surface area contributed by atoms with E-state index in [-0.39, 0.29) is 23.0 Å². The van der Waals surface area contributed by atoms with Crippen LogP contribution in [-0.4, -0.2) is 52.9 Å². The maximum absolute atomic E-state index is 12.9. The van der Waals surface area contributed by atoms with Gasteiger partial charge < -0.3 is 14.9 Å². The highest BCUT2D eigenvalue weighted by atomic mass is 16.3. The number of likely N-dealkylation sites (tertiary alicyclic amines) is 2. The van der Waals surface area contributed by atoms with Gasteiger partial charge in [-0.25, -0.2) is 0 Å². The molecular weight excluding hydrogens is 316 g/mol. The van der Waals surface area contributed by atoms with Crippen molar-refractivity contribution in [2.24, 2.45) is 11.3 Å². The molecule has 1 spiro atoms. The molecule has 1 atom stereocenters. The Morgan fingerprint density at radius 3 is 2.76 bits per heavy atom. The zero-order chi connectivity index (χ0) is 17.4. The average Bonchev–Trinajstić information content (AvgIpc) is 3.42. The average molecular weight is 342 g/mol. The fourth-order valence-electron chi connectivity index (χ4n) is 4.42. The molecule has 2 saturated heterocycles. The molecule has 1 N–H and O–H groups in total. The van der Waals surface area contributed by atoms with Gasteiger partial charge in [0.15, 0.2) is 0 Å². The first-order chi connectivity index (χ1) is 12.1. The first kappa shape index (κ1) is 16.4. The monoisotopic (exact) mass is 342 g/mol. The number of piperidine rings is 2. The van der Waals surface area contributed by atoms with E-state index >= 15 is 0 Å². The number of amides is 2. The number of nitrogens with zero attached hydrogens (tertiary/aromatic N) is 2. The highest BCUT2D eigenvalue weighted by molar-refractivity contribution is 5.96. The van der Waals surface area contributed by atoms with Crippen molar-refractivity contribution in [3.63, 3.8) is 0 Å². The zero-order valence-electron chi connectivity index (χ0n) is 14.6. The van der Waals surface area contributed by atoms with Crippen LogP contribution in [0.25, 0.3) is 0 Å². The standard InChI is InChI=1S/C20H26N2O3/c23-17-5-2-1-4-16(17)19(25)21-11-3-9-20(13-21)10-8-18(24)22(14-20)12-15-6-7-15/h1-2,4-5,15,23H,3,6-14H2/t20-/m1/s1. The highest BCUT2D eigenvalue weighted by Crippen LogP contribution is 2.41. The van der Waals surface area contributed by atoms with Crippen LogP contribution in [0.5, 0.6) is 5.75 Å². The largest absolute Gasteiger partial charge is 0.507 e. The lowest BCUT2D eigenvalue weighted by Crippen LogP contribution is -2.55. The third kappa shape index (κ3) is 3.37. The van der Waals surface area contributed by atoms with E-state index in [1.54, 1.807) is 24.3 Å². The third-order valence-electron chi connectivity index (χ3n) is 6.01. The molecule has 134 valence electrons. The van der Waals surface area contributed by atoms with Crippen LogP contribution in [0.3, 0.4) is 0 Å². The summed E-state index contributed by atoms with van der Waals surface area (Å²) in [5.41, 5.74) is 0.405. The summed E-state index contributed by atoms with van der Waals surface area (Å²) < 4.78 is 0. The Morgan fingerprint density at radius 1 is 1.20 bits per heavy atom. The van der Waals surface area contributed by atoms with Gasteiger partial charge in [-0.2, -0.15) is 0 Å². The minimum atomic E-state index is -0.0946. The second-order valence-electron chi connectivity index (χ2n) is 8.07. The van der Waals surface area contributed by atoms with E-state index in [0.717, 1.165) is 38.9 Å². The fraction of sp³-hybridized carbons (Fsp3) is 0.600. The van der Waals surface area contributed by atoms with Gasteiger partial charge in [0.25, 0.3) is 5.91 Å². The Hall–Kier alpha value is -2.04. The molecule has 1 aromatic carbocycles. The van der Waals surface area contributed by atoms with E-state index < -0.39 is 0 Å². The predicted octanol–water partition coefficient (Wildman–Crippen LogP) is 2.65. The summed E-state index contributed by atoms with van der Waals surface area (Å²) in [6.45, 7) is 3.10. The van der Waals surface area contributed by atoms with Gasteiger partial charge in [0.05, 0.1) is 5.56 Å². The molecule has 3 aliphatic rings. The Bertz CT molecular complexity index is 685. The predicted molar refractivity (Wildman–Crippen MR) is 94.2 cm³/mol. The van der Waals surface area contributed by atoms with Crippen LogP contribution < -0.4 is 0 Å². The quantitative estimate of drug-likeness (QED) is 0.919. The number of hydrogen-bond acceptors (Lipinski definition) is 3. The van der Waals surface area contributed by atoms with Gasteiger partial charge in [-0.3, -0.25) is 9.59 Å². The number of aromatic hydroxyl groups is 1. The smallest absolute Gasteiger partial charge is 0.257 e. The van der Waals surface area contributed by atoms with Crippen molar-refractivity contribution in [3.8, 4) is 5.75 Å². The van der Waals surface area contributed by atoms with Crippen LogP contribution in [0.2, 0.25) is 0 Å². The summed E-state index contributed by atoms with van der Waals surface area (Å²) >= 11 is 0. The van der Waals surface area contributed by atoms with E-state index in [1.807, 2.05) is 4.90 Å². The maximum atomic E-state index is 12.9.